The Hall–Kier alpha value is -1.14. The molecule has 1 aliphatic heterocycles. The summed E-state index contributed by atoms with van der Waals surface area (Å²) >= 11 is 0. The van der Waals surface area contributed by atoms with E-state index >= 15 is 0 Å². The average Bonchev–Trinajstić information content (AvgIpc) is 2.26. The van der Waals surface area contributed by atoms with E-state index in [4.69, 9.17) is 9.84 Å². The average molecular weight is 286 g/mol. The summed E-state index contributed by atoms with van der Waals surface area (Å²) in [6, 6.07) is -1.20. The van der Waals surface area contributed by atoms with Gasteiger partial charge in [0.1, 0.15) is 6.04 Å². The van der Waals surface area contributed by atoms with Gasteiger partial charge in [0.25, 0.3) is 0 Å². The van der Waals surface area contributed by atoms with E-state index < -0.39 is 12.0 Å². The van der Waals surface area contributed by atoms with Gasteiger partial charge in [0.2, 0.25) is 5.91 Å². The lowest BCUT2D eigenvalue weighted by Gasteiger charge is -2.41. The number of morpholine rings is 1. The number of rotatable bonds is 5. The van der Waals surface area contributed by atoms with Crippen LogP contribution in [0.25, 0.3) is 0 Å². The molecule has 20 heavy (non-hydrogen) atoms. The van der Waals surface area contributed by atoms with Crippen LogP contribution >= 0.6 is 0 Å². The van der Waals surface area contributed by atoms with Gasteiger partial charge in [0.05, 0.1) is 18.2 Å². The van der Waals surface area contributed by atoms with Crippen molar-refractivity contribution in [1.82, 2.24) is 10.2 Å². The van der Waals surface area contributed by atoms with E-state index in [0.29, 0.717) is 13.1 Å². The first-order valence-corrected chi connectivity index (χ1v) is 7.15. The smallest absolute Gasteiger partial charge is 0.325 e. The molecule has 0 bridgehead atoms. The third-order valence-corrected chi connectivity index (χ3v) is 3.47. The number of carboxylic acids is 1. The second kappa shape index (κ2) is 7.04. The first-order valence-electron chi connectivity index (χ1n) is 7.15. The van der Waals surface area contributed by atoms with Crippen LogP contribution in [0.4, 0.5) is 0 Å². The highest BCUT2D eigenvalue weighted by molar-refractivity contribution is 5.86. The van der Waals surface area contributed by atoms with Gasteiger partial charge in [-0.15, -0.1) is 0 Å². The summed E-state index contributed by atoms with van der Waals surface area (Å²) < 4.78 is 5.68. The molecule has 6 nitrogen and oxygen atoms in total. The monoisotopic (exact) mass is 286 g/mol. The Morgan fingerprint density at radius 1 is 1.20 bits per heavy atom. The van der Waals surface area contributed by atoms with Gasteiger partial charge in [0.15, 0.2) is 0 Å². The molecule has 0 saturated carbocycles. The normalized spacial score (nSPS) is 27.1. The summed E-state index contributed by atoms with van der Waals surface area (Å²) in [5.41, 5.74) is 0. The molecule has 1 fully saturated rings. The third kappa shape index (κ3) is 4.45. The van der Waals surface area contributed by atoms with Gasteiger partial charge in [-0.05, 0) is 26.7 Å². The minimum Gasteiger partial charge on any atom is -0.480 e. The third-order valence-electron chi connectivity index (χ3n) is 3.47. The van der Waals surface area contributed by atoms with Crippen LogP contribution in [0, 0.1) is 5.92 Å². The highest BCUT2D eigenvalue weighted by Crippen LogP contribution is 2.18. The number of aliphatic carboxylic acids is 1. The Kier molecular flexibility index (Phi) is 5.95. The Morgan fingerprint density at radius 3 is 2.10 bits per heavy atom. The van der Waals surface area contributed by atoms with Crippen LogP contribution in [0.1, 0.15) is 34.6 Å². The van der Waals surface area contributed by atoms with E-state index in [1.165, 1.54) is 6.92 Å². The van der Waals surface area contributed by atoms with Gasteiger partial charge in [-0.25, -0.2) is 0 Å². The van der Waals surface area contributed by atoms with Gasteiger partial charge in [-0.1, -0.05) is 13.8 Å². The van der Waals surface area contributed by atoms with Gasteiger partial charge in [0, 0.05) is 13.1 Å². The van der Waals surface area contributed by atoms with Crippen LogP contribution in [0.15, 0.2) is 0 Å². The molecule has 4 atom stereocenters. The van der Waals surface area contributed by atoms with Crippen molar-refractivity contribution in [3.8, 4) is 0 Å². The number of hydrogen-bond acceptors (Lipinski definition) is 4. The minimum atomic E-state index is -1.02. The lowest BCUT2D eigenvalue weighted by molar-refractivity contribution is -0.144. The van der Waals surface area contributed by atoms with E-state index in [0.717, 1.165) is 0 Å². The van der Waals surface area contributed by atoms with Crippen molar-refractivity contribution in [3.63, 3.8) is 0 Å². The van der Waals surface area contributed by atoms with Crippen molar-refractivity contribution in [1.29, 1.82) is 0 Å². The van der Waals surface area contributed by atoms with Gasteiger partial charge >= 0.3 is 5.97 Å². The van der Waals surface area contributed by atoms with Crippen molar-refractivity contribution in [3.05, 3.63) is 0 Å². The fraction of sp³-hybridized carbons (Fsp3) is 0.857. The number of ether oxygens (including phenoxy) is 1. The van der Waals surface area contributed by atoms with Gasteiger partial charge in [-0.2, -0.15) is 0 Å². The fourth-order valence-corrected chi connectivity index (χ4v) is 2.70. The second-order valence-corrected chi connectivity index (χ2v) is 5.97. The Labute approximate surface area is 120 Å². The number of carboxylic acid groups (broad SMARTS) is 1. The molecule has 0 aromatic heterocycles. The van der Waals surface area contributed by atoms with Crippen molar-refractivity contribution in [2.24, 2.45) is 5.92 Å². The predicted molar refractivity (Wildman–Crippen MR) is 75.4 cm³/mol. The summed E-state index contributed by atoms with van der Waals surface area (Å²) in [6.07, 6.45) is 0.148. The predicted octanol–water partition coefficient (Wildman–Crippen LogP) is 0.710. The molecule has 0 radical (unpaired) electrons. The molecule has 1 heterocycles. The van der Waals surface area contributed by atoms with Crippen LogP contribution in [-0.4, -0.2) is 59.3 Å². The van der Waals surface area contributed by atoms with Crippen LogP contribution in [0.3, 0.4) is 0 Å². The molecule has 0 aliphatic carbocycles. The molecule has 116 valence electrons. The summed E-state index contributed by atoms with van der Waals surface area (Å²) in [4.78, 5) is 25.3. The number of nitrogens with zero attached hydrogens (tertiary/aromatic N) is 1. The molecular weight excluding hydrogens is 260 g/mol. The zero-order chi connectivity index (χ0) is 15.4. The molecule has 4 unspecified atom stereocenters. The number of hydrogen-bond donors (Lipinski definition) is 2. The minimum absolute atomic E-state index is 0.0738. The van der Waals surface area contributed by atoms with Crippen molar-refractivity contribution >= 4 is 11.9 Å². The van der Waals surface area contributed by atoms with Crippen LogP contribution in [0.5, 0.6) is 0 Å². The van der Waals surface area contributed by atoms with Crippen molar-refractivity contribution in [2.45, 2.75) is 58.9 Å². The van der Waals surface area contributed by atoms with Crippen LogP contribution in [0.2, 0.25) is 0 Å². The van der Waals surface area contributed by atoms with Crippen LogP contribution in [-0.2, 0) is 14.3 Å². The van der Waals surface area contributed by atoms with E-state index in [1.807, 2.05) is 27.7 Å². The van der Waals surface area contributed by atoms with Crippen LogP contribution < -0.4 is 5.32 Å². The summed E-state index contributed by atoms with van der Waals surface area (Å²) in [5, 5.41) is 11.5. The summed E-state index contributed by atoms with van der Waals surface area (Å²) in [7, 11) is 0. The molecule has 0 aromatic carbocycles. The zero-order valence-electron chi connectivity index (χ0n) is 12.9. The largest absolute Gasteiger partial charge is 0.480 e. The highest BCUT2D eigenvalue weighted by Gasteiger charge is 2.35. The molecule has 0 spiro atoms. The van der Waals surface area contributed by atoms with Gasteiger partial charge < -0.3 is 15.2 Å². The Morgan fingerprint density at radius 2 is 1.70 bits per heavy atom. The second-order valence-electron chi connectivity index (χ2n) is 5.97. The molecule has 0 aromatic rings. The lowest BCUT2D eigenvalue weighted by Crippen LogP contribution is -2.58. The number of nitrogens with one attached hydrogen (secondary N) is 1. The SMILES string of the molecule is CC1CN(C(C(=O)NC(C)C(=O)O)C(C)C)CC(C)O1. The lowest BCUT2D eigenvalue weighted by atomic mass is 9.99. The topological polar surface area (TPSA) is 78.9 Å². The first-order chi connectivity index (χ1) is 9.22. The molecule has 1 aliphatic rings. The van der Waals surface area contributed by atoms with Gasteiger partial charge in [-0.3, -0.25) is 14.5 Å². The van der Waals surface area contributed by atoms with E-state index in [-0.39, 0.29) is 30.1 Å². The molecule has 1 saturated heterocycles. The first kappa shape index (κ1) is 16.9. The van der Waals surface area contributed by atoms with Crippen molar-refractivity contribution in [2.75, 3.05) is 13.1 Å². The highest BCUT2D eigenvalue weighted by atomic mass is 16.5. The summed E-state index contributed by atoms with van der Waals surface area (Å²) in [5.74, 6) is -1.14. The molecule has 1 amide bonds. The Balaban J connectivity index is 2.77. The fourth-order valence-electron chi connectivity index (χ4n) is 2.70. The molecule has 2 N–H and O–H groups in total. The quantitative estimate of drug-likeness (QED) is 0.778. The number of carbonyl (C=O) groups excluding carboxylic acids is 1. The van der Waals surface area contributed by atoms with Crippen molar-refractivity contribution < 1.29 is 19.4 Å². The standard InChI is InChI=1S/C14H26N2O4/c1-8(2)12(13(17)15-11(5)14(18)19)16-6-9(3)20-10(4)7-16/h8-12H,6-7H2,1-5H3,(H,15,17)(H,18,19). The Bertz CT molecular complexity index is 349. The zero-order valence-corrected chi connectivity index (χ0v) is 12.9. The van der Waals surface area contributed by atoms with E-state index in [9.17, 15) is 9.59 Å². The molecular formula is C14H26N2O4. The number of carbonyl (C=O) groups is 2. The molecule has 1 rings (SSSR count). The maximum atomic E-state index is 12.4. The summed E-state index contributed by atoms with van der Waals surface area (Å²) in [6.45, 7) is 10.8. The van der Waals surface area contributed by atoms with E-state index in [1.54, 1.807) is 0 Å². The number of amides is 1. The maximum Gasteiger partial charge on any atom is 0.325 e. The molecule has 6 heteroatoms. The maximum absolute atomic E-state index is 12.4. The van der Waals surface area contributed by atoms with E-state index in [2.05, 4.69) is 10.2 Å².